The second kappa shape index (κ2) is 4.57. The minimum absolute atomic E-state index is 0.478. The third-order valence-corrected chi connectivity index (χ3v) is 2.97. The summed E-state index contributed by atoms with van der Waals surface area (Å²) in [5.74, 6) is 1.86. The Bertz CT molecular complexity index is 726. The third kappa shape index (κ3) is 2.08. The van der Waals surface area contributed by atoms with Crippen molar-refractivity contribution in [1.29, 1.82) is 0 Å². The van der Waals surface area contributed by atoms with Crippen LogP contribution in [0.5, 0.6) is 5.75 Å². The van der Waals surface area contributed by atoms with Crippen LogP contribution in [-0.2, 0) is 0 Å². The summed E-state index contributed by atoms with van der Waals surface area (Å²) in [6.07, 6.45) is 0. The van der Waals surface area contributed by atoms with Gasteiger partial charge < -0.3 is 10.5 Å². The molecular weight excluding hydrogens is 238 g/mol. The smallest absolute Gasteiger partial charge is 0.162 e. The Morgan fingerprint density at radius 1 is 1.00 bits per heavy atom. The van der Waals surface area contributed by atoms with Crippen molar-refractivity contribution in [3.8, 4) is 17.1 Å². The average Bonchev–Trinajstić information content (AvgIpc) is 2.47. The maximum absolute atomic E-state index is 5.99. The molecule has 0 bridgehead atoms. The molecule has 2 aromatic carbocycles. The van der Waals surface area contributed by atoms with Gasteiger partial charge in [0.15, 0.2) is 5.82 Å². The summed E-state index contributed by atoms with van der Waals surface area (Å²) in [5.41, 5.74) is 7.72. The molecule has 0 saturated carbocycles. The first-order chi connectivity index (χ1) is 9.28. The number of methoxy groups -OCH3 is 1. The summed E-state index contributed by atoms with van der Waals surface area (Å²) in [5, 5.41) is 0.834. The van der Waals surface area contributed by atoms with Crippen LogP contribution in [0.1, 0.15) is 0 Å². The van der Waals surface area contributed by atoms with E-state index in [1.807, 2.05) is 48.5 Å². The molecule has 3 aromatic rings. The van der Waals surface area contributed by atoms with E-state index >= 15 is 0 Å². The number of nitrogens with two attached hydrogens (primary N) is 1. The largest absolute Gasteiger partial charge is 0.497 e. The van der Waals surface area contributed by atoms with Crippen LogP contribution in [0.4, 0.5) is 5.82 Å². The number of anilines is 1. The number of fused-ring (bicyclic) bond motifs is 1. The lowest BCUT2D eigenvalue weighted by Crippen LogP contribution is -1.98. The summed E-state index contributed by atoms with van der Waals surface area (Å²) in [6, 6.07) is 15.4. The van der Waals surface area contributed by atoms with Gasteiger partial charge in [-0.25, -0.2) is 9.97 Å². The SMILES string of the molecule is COc1ccc2c(N)nc(-c3ccccc3)nc2c1. The quantitative estimate of drug-likeness (QED) is 0.760. The van der Waals surface area contributed by atoms with Gasteiger partial charge in [-0.2, -0.15) is 0 Å². The third-order valence-electron chi connectivity index (χ3n) is 2.97. The predicted octanol–water partition coefficient (Wildman–Crippen LogP) is 2.89. The highest BCUT2D eigenvalue weighted by Crippen LogP contribution is 2.25. The Balaban J connectivity index is 2.23. The standard InChI is InChI=1S/C15H13N3O/c1-19-11-7-8-12-13(9-11)17-15(18-14(12)16)10-5-3-2-4-6-10/h2-9H,1H3,(H2,16,17,18). The Labute approximate surface area is 110 Å². The molecule has 19 heavy (non-hydrogen) atoms. The molecular formula is C15H13N3O. The van der Waals surface area contributed by atoms with Crippen LogP contribution in [0.15, 0.2) is 48.5 Å². The molecule has 0 fully saturated rings. The highest BCUT2D eigenvalue weighted by Gasteiger charge is 2.07. The maximum atomic E-state index is 5.99. The van der Waals surface area contributed by atoms with Gasteiger partial charge >= 0.3 is 0 Å². The second-order valence-electron chi connectivity index (χ2n) is 4.18. The van der Waals surface area contributed by atoms with Crippen molar-refractivity contribution in [1.82, 2.24) is 9.97 Å². The van der Waals surface area contributed by atoms with Crippen LogP contribution in [0.3, 0.4) is 0 Å². The number of nitrogens with zero attached hydrogens (tertiary/aromatic N) is 2. The van der Waals surface area contributed by atoms with Crippen molar-refractivity contribution in [2.75, 3.05) is 12.8 Å². The van der Waals surface area contributed by atoms with Gasteiger partial charge in [0.25, 0.3) is 0 Å². The molecule has 1 heterocycles. The fourth-order valence-corrected chi connectivity index (χ4v) is 1.98. The van der Waals surface area contributed by atoms with Crippen LogP contribution in [0, 0.1) is 0 Å². The fourth-order valence-electron chi connectivity index (χ4n) is 1.98. The number of ether oxygens (including phenoxy) is 1. The molecule has 4 heteroatoms. The zero-order valence-corrected chi connectivity index (χ0v) is 10.5. The number of hydrogen-bond donors (Lipinski definition) is 1. The van der Waals surface area contributed by atoms with Crippen LogP contribution < -0.4 is 10.5 Å². The van der Waals surface area contributed by atoms with E-state index in [0.717, 1.165) is 22.2 Å². The van der Waals surface area contributed by atoms with Gasteiger partial charge in [-0.1, -0.05) is 30.3 Å². The van der Waals surface area contributed by atoms with Gasteiger partial charge in [-0.05, 0) is 12.1 Å². The summed E-state index contributed by atoms with van der Waals surface area (Å²) in [7, 11) is 1.63. The number of benzene rings is 2. The molecule has 0 aliphatic rings. The van der Waals surface area contributed by atoms with Crippen molar-refractivity contribution < 1.29 is 4.74 Å². The lowest BCUT2D eigenvalue weighted by Gasteiger charge is -2.07. The van der Waals surface area contributed by atoms with Crippen LogP contribution in [0.2, 0.25) is 0 Å². The Morgan fingerprint density at radius 3 is 2.53 bits per heavy atom. The Morgan fingerprint density at radius 2 is 1.79 bits per heavy atom. The van der Waals surface area contributed by atoms with E-state index in [2.05, 4.69) is 9.97 Å². The summed E-state index contributed by atoms with van der Waals surface area (Å²) in [4.78, 5) is 8.90. The highest BCUT2D eigenvalue weighted by molar-refractivity contribution is 5.90. The van der Waals surface area contributed by atoms with Crippen LogP contribution in [-0.4, -0.2) is 17.1 Å². The van der Waals surface area contributed by atoms with E-state index in [1.165, 1.54) is 0 Å². The molecule has 0 saturated heterocycles. The fraction of sp³-hybridized carbons (Fsp3) is 0.0667. The molecule has 0 atom stereocenters. The predicted molar refractivity (Wildman–Crippen MR) is 75.9 cm³/mol. The minimum atomic E-state index is 0.478. The van der Waals surface area contributed by atoms with Crippen molar-refractivity contribution in [2.45, 2.75) is 0 Å². The molecule has 0 amide bonds. The Kier molecular flexibility index (Phi) is 2.76. The van der Waals surface area contributed by atoms with E-state index in [1.54, 1.807) is 7.11 Å². The van der Waals surface area contributed by atoms with Gasteiger partial charge in [0.1, 0.15) is 11.6 Å². The van der Waals surface area contributed by atoms with Crippen LogP contribution >= 0.6 is 0 Å². The first-order valence-electron chi connectivity index (χ1n) is 5.94. The average molecular weight is 251 g/mol. The zero-order valence-electron chi connectivity index (χ0n) is 10.5. The molecule has 0 unspecified atom stereocenters. The number of hydrogen-bond acceptors (Lipinski definition) is 4. The number of nitrogen functional groups attached to an aromatic ring is 1. The molecule has 0 radical (unpaired) electrons. The monoisotopic (exact) mass is 251 g/mol. The molecule has 94 valence electrons. The van der Waals surface area contributed by atoms with E-state index in [4.69, 9.17) is 10.5 Å². The van der Waals surface area contributed by atoms with Gasteiger partial charge in [0, 0.05) is 17.0 Å². The molecule has 2 N–H and O–H groups in total. The van der Waals surface area contributed by atoms with Crippen molar-refractivity contribution in [2.24, 2.45) is 0 Å². The number of aromatic nitrogens is 2. The molecule has 0 spiro atoms. The topological polar surface area (TPSA) is 61.0 Å². The molecule has 0 aliphatic heterocycles. The molecule has 0 aliphatic carbocycles. The van der Waals surface area contributed by atoms with Crippen molar-refractivity contribution in [3.63, 3.8) is 0 Å². The maximum Gasteiger partial charge on any atom is 0.162 e. The van der Waals surface area contributed by atoms with E-state index in [0.29, 0.717) is 11.6 Å². The minimum Gasteiger partial charge on any atom is -0.497 e. The van der Waals surface area contributed by atoms with Gasteiger partial charge in [-0.15, -0.1) is 0 Å². The van der Waals surface area contributed by atoms with Gasteiger partial charge in [-0.3, -0.25) is 0 Å². The second-order valence-corrected chi connectivity index (χ2v) is 4.18. The highest BCUT2D eigenvalue weighted by atomic mass is 16.5. The lowest BCUT2D eigenvalue weighted by atomic mass is 10.2. The molecule has 3 rings (SSSR count). The van der Waals surface area contributed by atoms with Crippen molar-refractivity contribution >= 4 is 16.7 Å². The lowest BCUT2D eigenvalue weighted by molar-refractivity contribution is 0.415. The van der Waals surface area contributed by atoms with Gasteiger partial charge in [0.2, 0.25) is 0 Å². The normalized spacial score (nSPS) is 10.6. The first-order valence-corrected chi connectivity index (χ1v) is 5.94. The first kappa shape index (κ1) is 11.5. The summed E-state index contributed by atoms with van der Waals surface area (Å²) < 4.78 is 5.21. The zero-order chi connectivity index (χ0) is 13.2. The van der Waals surface area contributed by atoms with Crippen molar-refractivity contribution in [3.05, 3.63) is 48.5 Å². The van der Waals surface area contributed by atoms with Gasteiger partial charge in [0.05, 0.1) is 12.6 Å². The molecule has 4 nitrogen and oxygen atoms in total. The van der Waals surface area contributed by atoms with E-state index in [-0.39, 0.29) is 0 Å². The summed E-state index contributed by atoms with van der Waals surface area (Å²) >= 11 is 0. The summed E-state index contributed by atoms with van der Waals surface area (Å²) in [6.45, 7) is 0. The van der Waals surface area contributed by atoms with Crippen LogP contribution in [0.25, 0.3) is 22.3 Å². The molecule has 1 aromatic heterocycles. The number of rotatable bonds is 2. The van der Waals surface area contributed by atoms with E-state index < -0.39 is 0 Å². The Hall–Kier alpha value is -2.62. The van der Waals surface area contributed by atoms with E-state index in [9.17, 15) is 0 Å².